The molecule has 0 saturated heterocycles. The number of hydrogen-bond acceptors (Lipinski definition) is 5. The predicted octanol–water partition coefficient (Wildman–Crippen LogP) is 2.75. The lowest BCUT2D eigenvalue weighted by Crippen LogP contribution is -2.27. The molecule has 0 unspecified atom stereocenters. The number of ether oxygens (including phenoxy) is 2. The van der Waals surface area contributed by atoms with Crippen LogP contribution in [0.1, 0.15) is 10.5 Å². The highest BCUT2D eigenvalue weighted by molar-refractivity contribution is 7.13. The minimum atomic E-state index is -0.196. The molecule has 0 radical (unpaired) electrons. The van der Waals surface area contributed by atoms with Gasteiger partial charge in [0.2, 0.25) is 0 Å². The van der Waals surface area contributed by atoms with E-state index in [-0.39, 0.29) is 5.91 Å². The van der Waals surface area contributed by atoms with E-state index in [4.69, 9.17) is 9.47 Å². The maximum absolute atomic E-state index is 11.9. The van der Waals surface area contributed by atoms with Crippen molar-refractivity contribution in [3.8, 4) is 16.3 Å². The molecule has 1 aromatic carbocycles. The van der Waals surface area contributed by atoms with Gasteiger partial charge in [0.05, 0.1) is 6.61 Å². The van der Waals surface area contributed by atoms with Gasteiger partial charge in [0, 0.05) is 24.6 Å². The highest BCUT2D eigenvalue weighted by atomic mass is 32.1. The highest BCUT2D eigenvalue weighted by Crippen LogP contribution is 2.27. The van der Waals surface area contributed by atoms with Crippen LogP contribution in [0.4, 0.5) is 0 Å². The van der Waals surface area contributed by atoms with E-state index in [9.17, 15) is 4.79 Å². The van der Waals surface area contributed by atoms with Crippen LogP contribution in [-0.4, -0.2) is 37.8 Å². The molecule has 2 rings (SSSR count). The average molecular weight is 318 g/mol. The molecule has 22 heavy (non-hydrogen) atoms. The molecule has 116 valence electrons. The molecule has 2 aromatic rings. The molecule has 1 amide bonds. The SMILES string of the molecule is C=CCOc1cccc(-c2nc(C(=O)NCCOC)cs2)c1. The van der Waals surface area contributed by atoms with Crippen LogP contribution in [0.2, 0.25) is 0 Å². The number of nitrogens with one attached hydrogen (secondary N) is 1. The molecule has 0 fully saturated rings. The van der Waals surface area contributed by atoms with Crippen LogP contribution >= 0.6 is 11.3 Å². The Labute approximate surface area is 133 Å². The Morgan fingerprint density at radius 1 is 1.50 bits per heavy atom. The van der Waals surface area contributed by atoms with Crippen LogP contribution in [-0.2, 0) is 4.74 Å². The number of aromatic nitrogens is 1. The molecule has 6 heteroatoms. The second kappa shape index (κ2) is 8.31. The number of thiazole rings is 1. The molecule has 0 spiro atoms. The fourth-order valence-electron chi connectivity index (χ4n) is 1.74. The first-order chi connectivity index (χ1) is 10.7. The van der Waals surface area contributed by atoms with Gasteiger partial charge in [0.25, 0.3) is 5.91 Å². The fraction of sp³-hybridized carbons (Fsp3) is 0.250. The number of methoxy groups -OCH3 is 1. The van der Waals surface area contributed by atoms with Gasteiger partial charge in [-0.1, -0.05) is 24.8 Å². The van der Waals surface area contributed by atoms with Gasteiger partial charge in [0.1, 0.15) is 23.1 Å². The van der Waals surface area contributed by atoms with Crippen LogP contribution in [0.3, 0.4) is 0 Å². The van der Waals surface area contributed by atoms with E-state index in [0.29, 0.717) is 25.5 Å². The summed E-state index contributed by atoms with van der Waals surface area (Å²) in [4.78, 5) is 16.3. The van der Waals surface area contributed by atoms with Crippen molar-refractivity contribution in [2.45, 2.75) is 0 Å². The van der Waals surface area contributed by atoms with Crippen molar-refractivity contribution in [3.05, 3.63) is 48.0 Å². The second-order valence-electron chi connectivity index (χ2n) is 4.41. The molecule has 0 saturated carbocycles. The zero-order chi connectivity index (χ0) is 15.8. The standard InChI is InChI=1S/C16H18N2O3S/c1-3-8-21-13-6-4-5-12(10-13)16-18-14(11-22-16)15(19)17-7-9-20-2/h3-6,10-11H,1,7-9H2,2H3,(H,17,19). The van der Waals surface area contributed by atoms with Crippen LogP contribution in [0.5, 0.6) is 5.75 Å². The summed E-state index contributed by atoms with van der Waals surface area (Å²) in [5, 5.41) is 5.27. The topological polar surface area (TPSA) is 60.5 Å². The Morgan fingerprint density at radius 3 is 3.14 bits per heavy atom. The van der Waals surface area contributed by atoms with Gasteiger partial charge in [-0.05, 0) is 12.1 Å². The lowest BCUT2D eigenvalue weighted by Gasteiger charge is -2.04. The summed E-state index contributed by atoms with van der Waals surface area (Å²) in [7, 11) is 1.59. The summed E-state index contributed by atoms with van der Waals surface area (Å²) in [6.07, 6.45) is 1.69. The van der Waals surface area contributed by atoms with Gasteiger partial charge in [-0.25, -0.2) is 4.98 Å². The highest BCUT2D eigenvalue weighted by Gasteiger charge is 2.11. The molecule has 5 nitrogen and oxygen atoms in total. The third-order valence-corrected chi connectivity index (χ3v) is 3.67. The van der Waals surface area contributed by atoms with Crippen molar-refractivity contribution in [1.29, 1.82) is 0 Å². The number of hydrogen-bond donors (Lipinski definition) is 1. The molecular formula is C16H18N2O3S. The minimum Gasteiger partial charge on any atom is -0.490 e. The van der Waals surface area contributed by atoms with Gasteiger partial charge in [-0.15, -0.1) is 11.3 Å². The number of rotatable bonds is 8. The Hall–Kier alpha value is -2.18. The number of nitrogens with zero attached hydrogens (tertiary/aromatic N) is 1. The first kappa shape index (κ1) is 16.2. The second-order valence-corrected chi connectivity index (χ2v) is 5.27. The van der Waals surface area contributed by atoms with Crippen molar-refractivity contribution >= 4 is 17.2 Å². The van der Waals surface area contributed by atoms with E-state index in [1.165, 1.54) is 11.3 Å². The van der Waals surface area contributed by atoms with Crippen LogP contribution < -0.4 is 10.1 Å². The summed E-state index contributed by atoms with van der Waals surface area (Å²) < 4.78 is 10.4. The Bertz CT molecular complexity index is 640. The molecular weight excluding hydrogens is 300 g/mol. The largest absolute Gasteiger partial charge is 0.490 e. The zero-order valence-corrected chi connectivity index (χ0v) is 13.2. The average Bonchev–Trinajstić information content (AvgIpc) is 3.03. The molecule has 0 aliphatic heterocycles. The van der Waals surface area contributed by atoms with Crippen molar-refractivity contribution in [3.63, 3.8) is 0 Å². The van der Waals surface area contributed by atoms with Gasteiger partial charge in [0.15, 0.2) is 0 Å². The molecule has 0 bridgehead atoms. The third kappa shape index (κ3) is 4.41. The molecule has 1 aromatic heterocycles. The van der Waals surface area contributed by atoms with Gasteiger partial charge >= 0.3 is 0 Å². The van der Waals surface area contributed by atoms with Crippen LogP contribution in [0, 0.1) is 0 Å². The summed E-state index contributed by atoms with van der Waals surface area (Å²) in [6.45, 7) is 5.02. The lowest BCUT2D eigenvalue weighted by molar-refractivity contribution is 0.0933. The van der Waals surface area contributed by atoms with E-state index < -0.39 is 0 Å². The Balaban J connectivity index is 2.07. The van der Waals surface area contributed by atoms with Crippen LogP contribution in [0.25, 0.3) is 10.6 Å². The fourth-order valence-corrected chi connectivity index (χ4v) is 2.54. The first-order valence-corrected chi connectivity index (χ1v) is 7.69. The molecule has 1 N–H and O–H groups in total. The Morgan fingerprint density at radius 2 is 2.36 bits per heavy atom. The summed E-state index contributed by atoms with van der Waals surface area (Å²) in [5.74, 6) is 0.553. The van der Waals surface area contributed by atoms with Gasteiger partial charge < -0.3 is 14.8 Å². The van der Waals surface area contributed by atoms with Crippen molar-refractivity contribution in [1.82, 2.24) is 10.3 Å². The summed E-state index contributed by atoms with van der Waals surface area (Å²) >= 11 is 1.42. The van der Waals surface area contributed by atoms with E-state index in [2.05, 4.69) is 16.9 Å². The van der Waals surface area contributed by atoms with Crippen molar-refractivity contribution in [2.24, 2.45) is 0 Å². The van der Waals surface area contributed by atoms with Crippen molar-refractivity contribution < 1.29 is 14.3 Å². The Kier molecular flexibility index (Phi) is 6.12. The summed E-state index contributed by atoms with van der Waals surface area (Å²) in [5.41, 5.74) is 1.33. The predicted molar refractivity (Wildman–Crippen MR) is 87.5 cm³/mol. The smallest absolute Gasteiger partial charge is 0.270 e. The first-order valence-electron chi connectivity index (χ1n) is 6.81. The lowest BCUT2D eigenvalue weighted by atomic mass is 10.2. The molecule has 0 atom stereocenters. The third-order valence-electron chi connectivity index (χ3n) is 2.78. The minimum absolute atomic E-state index is 0.196. The van der Waals surface area contributed by atoms with E-state index in [1.807, 2.05) is 24.3 Å². The molecule has 0 aliphatic carbocycles. The number of amides is 1. The van der Waals surface area contributed by atoms with Gasteiger partial charge in [-0.3, -0.25) is 4.79 Å². The molecule has 1 heterocycles. The quantitative estimate of drug-likeness (QED) is 0.600. The molecule has 0 aliphatic rings. The number of carbonyl (C=O) groups excluding carboxylic acids is 1. The van der Waals surface area contributed by atoms with Crippen LogP contribution in [0.15, 0.2) is 42.3 Å². The van der Waals surface area contributed by atoms with Crippen molar-refractivity contribution in [2.75, 3.05) is 26.9 Å². The number of benzene rings is 1. The van der Waals surface area contributed by atoms with E-state index in [1.54, 1.807) is 18.6 Å². The van der Waals surface area contributed by atoms with Gasteiger partial charge in [-0.2, -0.15) is 0 Å². The summed E-state index contributed by atoms with van der Waals surface area (Å²) in [6, 6.07) is 7.60. The number of carbonyl (C=O) groups is 1. The zero-order valence-electron chi connectivity index (χ0n) is 12.4. The maximum Gasteiger partial charge on any atom is 0.270 e. The normalized spacial score (nSPS) is 10.2. The van der Waals surface area contributed by atoms with E-state index >= 15 is 0 Å². The van der Waals surface area contributed by atoms with E-state index in [0.717, 1.165) is 16.3 Å². The monoisotopic (exact) mass is 318 g/mol. The maximum atomic E-state index is 11.9.